The van der Waals surface area contributed by atoms with Crippen LogP contribution in [0.15, 0.2) is 23.2 Å². The van der Waals surface area contributed by atoms with Gasteiger partial charge in [0.2, 0.25) is 5.91 Å². The number of aliphatic imine (C=N–C) groups is 1. The molecule has 1 aromatic carbocycles. The molecule has 26 heavy (non-hydrogen) atoms. The van der Waals surface area contributed by atoms with Gasteiger partial charge in [-0.2, -0.15) is 0 Å². The van der Waals surface area contributed by atoms with Crippen molar-refractivity contribution in [2.24, 2.45) is 4.99 Å². The van der Waals surface area contributed by atoms with Gasteiger partial charge >= 0.3 is 0 Å². The van der Waals surface area contributed by atoms with Crippen molar-refractivity contribution < 1.29 is 14.3 Å². The Balaban J connectivity index is 0.00000338. The molecule has 1 aliphatic rings. The number of nitrogens with zero attached hydrogens (tertiary/aromatic N) is 1. The van der Waals surface area contributed by atoms with Crippen LogP contribution in [0.25, 0.3) is 0 Å². The van der Waals surface area contributed by atoms with Gasteiger partial charge in [0.1, 0.15) is 0 Å². The Morgan fingerprint density at radius 3 is 2.77 bits per heavy atom. The number of carbonyl (C=O) groups is 1. The fraction of sp³-hybridized carbons (Fsp3) is 0.556. The summed E-state index contributed by atoms with van der Waals surface area (Å²) in [5, 5.41) is 9.50. The lowest BCUT2D eigenvalue weighted by atomic mass is 10.1. The second kappa shape index (κ2) is 11.8. The zero-order valence-corrected chi connectivity index (χ0v) is 18.0. The van der Waals surface area contributed by atoms with Gasteiger partial charge in [-0.1, -0.05) is 6.07 Å². The largest absolute Gasteiger partial charge is 0.493 e. The number of carbonyl (C=O) groups excluding carboxylic acids is 1. The van der Waals surface area contributed by atoms with Crippen LogP contribution in [0.2, 0.25) is 0 Å². The predicted molar refractivity (Wildman–Crippen MR) is 114 cm³/mol. The van der Waals surface area contributed by atoms with Crippen LogP contribution in [0.1, 0.15) is 32.3 Å². The molecular formula is C18H29IN4O3. The van der Waals surface area contributed by atoms with Gasteiger partial charge in [0.15, 0.2) is 17.5 Å². The van der Waals surface area contributed by atoms with E-state index in [1.165, 1.54) is 0 Å². The average Bonchev–Trinajstić information content (AvgIpc) is 2.62. The number of halogens is 1. The van der Waals surface area contributed by atoms with Gasteiger partial charge in [0.05, 0.1) is 20.3 Å². The number of amides is 1. The molecule has 1 saturated heterocycles. The number of guanidine groups is 1. The molecular weight excluding hydrogens is 447 g/mol. The molecule has 2 rings (SSSR count). The molecule has 8 heteroatoms. The first-order chi connectivity index (χ1) is 12.2. The Morgan fingerprint density at radius 2 is 2.15 bits per heavy atom. The smallest absolute Gasteiger partial charge is 0.220 e. The molecule has 1 heterocycles. The average molecular weight is 476 g/mol. The summed E-state index contributed by atoms with van der Waals surface area (Å²) in [6, 6.07) is 6.03. The second-order valence-electron chi connectivity index (χ2n) is 5.80. The molecule has 1 atom stereocenters. The van der Waals surface area contributed by atoms with Crippen LogP contribution in [-0.4, -0.2) is 44.7 Å². The van der Waals surface area contributed by atoms with Gasteiger partial charge in [-0.25, -0.2) is 4.99 Å². The van der Waals surface area contributed by atoms with E-state index in [0.29, 0.717) is 26.1 Å². The predicted octanol–water partition coefficient (Wildman–Crippen LogP) is 2.05. The lowest BCUT2D eigenvalue weighted by molar-refractivity contribution is -0.122. The van der Waals surface area contributed by atoms with Gasteiger partial charge < -0.3 is 25.4 Å². The second-order valence-corrected chi connectivity index (χ2v) is 5.80. The maximum absolute atomic E-state index is 11.3. The quantitative estimate of drug-likeness (QED) is 0.319. The fourth-order valence-corrected chi connectivity index (χ4v) is 2.63. The third-order valence-electron chi connectivity index (χ3n) is 3.90. The molecule has 0 spiro atoms. The van der Waals surface area contributed by atoms with Crippen LogP contribution in [0.5, 0.6) is 11.5 Å². The van der Waals surface area contributed by atoms with Crippen molar-refractivity contribution in [2.75, 3.05) is 26.8 Å². The first-order valence-electron chi connectivity index (χ1n) is 8.77. The van der Waals surface area contributed by atoms with Crippen LogP contribution in [0.3, 0.4) is 0 Å². The van der Waals surface area contributed by atoms with E-state index in [1.807, 2.05) is 32.0 Å². The summed E-state index contributed by atoms with van der Waals surface area (Å²) in [4.78, 5) is 15.9. The first kappa shape index (κ1) is 22.3. The molecule has 3 N–H and O–H groups in total. The summed E-state index contributed by atoms with van der Waals surface area (Å²) >= 11 is 0. The monoisotopic (exact) mass is 476 g/mol. The van der Waals surface area contributed by atoms with Crippen LogP contribution in [0, 0.1) is 0 Å². The number of piperidine rings is 1. The van der Waals surface area contributed by atoms with E-state index in [9.17, 15) is 4.79 Å². The zero-order valence-electron chi connectivity index (χ0n) is 15.6. The number of benzene rings is 1. The van der Waals surface area contributed by atoms with Crippen molar-refractivity contribution >= 4 is 35.8 Å². The minimum absolute atomic E-state index is 0. The van der Waals surface area contributed by atoms with Crippen molar-refractivity contribution in [3.05, 3.63) is 23.8 Å². The summed E-state index contributed by atoms with van der Waals surface area (Å²) in [5.41, 5.74) is 1.04. The van der Waals surface area contributed by atoms with E-state index in [1.54, 1.807) is 7.11 Å². The van der Waals surface area contributed by atoms with Gasteiger partial charge in [-0.05, 0) is 38.0 Å². The Hall–Kier alpha value is -1.71. The van der Waals surface area contributed by atoms with Gasteiger partial charge in [-0.3, -0.25) is 4.79 Å². The Labute approximate surface area is 172 Å². The standard InChI is InChI=1S/C18H28N4O3.HI/c1-4-19-18(22-14-7-9-17(23)20-12-14)21-11-13-6-8-15(24-3)16(10-13)25-5-2;/h6,8,10,14H,4-5,7,9,11-12H2,1-3H3,(H,20,23)(H2,19,21,22);1H. The Kier molecular flexibility index (Phi) is 10.2. The number of hydrogen-bond acceptors (Lipinski definition) is 4. The summed E-state index contributed by atoms with van der Waals surface area (Å²) in [5.74, 6) is 2.31. The lowest BCUT2D eigenvalue weighted by Crippen LogP contribution is -2.51. The van der Waals surface area contributed by atoms with Crippen molar-refractivity contribution in [2.45, 2.75) is 39.3 Å². The van der Waals surface area contributed by atoms with E-state index in [0.717, 1.165) is 36.0 Å². The molecule has 0 aromatic heterocycles. The molecule has 0 bridgehead atoms. The summed E-state index contributed by atoms with van der Waals surface area (Å²) in [6.45, 7) is 6.48. The van der Waals surface area contributed by atoms with Gasteiger partial charge in [-0.15, -0.1) is 24.0 Å². The Morgan fingerprint density at radius 1 is 1.35 bits per heavy atom. The highest BCUT2D eigenvalue weighted by atomic mass is 127. The van der Waals surface area contributed by atoms with Crippen LogP contribution >= 0.6 is 24.0 Å². The van der Waals surface area contributed by atoms with E-state index in [4.69, 9.17) is 9.47 Å². The number of nitrogens with one attached hydrogen (secondary N) is 3. The Bertz CT molecular complexity index is 600. The summed E-state index contributed by atoms with van der Waals surface area (Å²) in [6.07, 6.45) is 1.36. The van der Waals surface area contributed by atoms with E-state index >= 15 is 0 Å². The molecule has 1 aromatic rings. The molecule has 1 unspecified atom stereocenters. The van der Waals surface area contributed by atoms with Crippen molar-refractivity contribution in [1.29, 1.82) is 0 Å². The van der Waals surface area contributed by atoms with E-state index < -0.39 is 0 Å². The molecule has 0 radical (unpaired) electrons. The molecule has 7 nitrogen and oxygen atoms in total. The molecule has 0 aliphatic carbocycles. The maximum atomic E-state index is 11.3. The van der Waals surface area contributed by atoms with E-state index in [-0.39, 0.29) is 35.9 Å². The highest BCUT2D eigenvalue weighted by Crippen LogP contribution is 2.28. The first-order valence-corrected chi connectivity index (χ1v) is 8.77. The van der Waals surface area contributed by atoms with Crippen molar-refractivity contribution in [3.63, 3.8) is 0 Å². The third kappa shape index (κ3) is 6.89. The molecule has 1 aliphatic heterocycles. The SMILES string of the molecule is CCNC(=NCc1ccc(OC)c(OCC)c1)NC1CCC(=O)NC1.I. The molecule has 1 fully saturated rings. The minimum Gasteiger partial charge on any atom is -0.493 e. The van der Waals surface area contributed by atoms with Crippen LogP contribution in [0.4, 0.5) is 0 Å². The number of methoxy groups -OCH3 is 1. The third-order valence-corrected chi connectivity index (χ3v) is 3.90. The normalized spacial score (nSPS) is 17.0. The fourth-order valence-electron chi connectivity index (χ4n) is 2.63. The van der Waals surface area contributed by atoms with Crippen molar-refractivity contribution in [1.82, 2.24) is 16.0 Å². The number of hydrogen-bond donors (Lipinski definition) is 3. The molecule has 0 saturated carbocycles. The zero-order chi connectivity index (χ0) is 18.1. The number of rotatable bonds is 7. The summed E-state index contributed by atoms with van der Waals surface area (Å²) in [7, 11) is 1.63. The van der Waals surface area contributed by atoms with E-state index in [2.05, 4.69) is 20.9 Å². The van der Waals surface area contributed by atoms with Gasteiger partial charge in [0.25, 0.3) is 0 Å². The lowest BCUT2D eigenvalue weighted by Gasteiger charge is -2.25. The summed E-state index contributed by atoms with van der Waals surface area (Å²) < 4.78 is 10.9. The van der Waals surface area contributed by atoms with Crippen molar-refractivity contribution in [3.8, 4) is 11.5 Å². The molecule has 1 amide bonds. The van der Waals surface area contributed by atoms with Crippen LogP contribution in [-0.2, 0) is 11.3 Å². The molecule has 146 valence electrons. The maximum Gasteiger partial charge on any atom is 0.220 e. The number of ether oxygens (including phenoxy) is 2. The minimum atomic E-state index is 0. The topological polar surface area (TPSA) is 84.0 Å². The van der Waals surface area contributed by atoms with Crippen LogP contribution < -0.4 is 25.4 Å². The highest BCUT2D eigenvalue weighted by Gasteiger charge is 2.18. The van der Waals surface area contributed by atoms with Gasteiger partial charge in [0, 0.05) is 25.6 Å². The highest BCUT2D eigenvalue weighted by molar-refractivity contribution is 14.0.